The molecule has 0 unspecified atom stereocenters. The highest BCUT2D eigenvalue weighted by molar-refractivity contribution is 6.24. The maximum absolute atomic E-state index is 6.80. The molecule has 0 fully saturated rings. The predicted molar refractivity (Wildman–Crippen MR) is 296 cm³/mol. The SMILES string of the molecule is C=Cc1c(C=CN(c2ccc(-c3ccccc3)cc2)c2ccc(-c3ccc4c(c3)c3ccccc3n4-c3ccccc3)cc2)oc2cc(-c3cc4c5ccccc5n5c6ccccc6c(c3)c45)ccc12. The summed E-state index contributed by atoms with van der Waals surface area (Å²) >= 11 is 0. The highest BCUT2D eigenvalue weighted by Crippen LogP contribution is 2.43. The maximum atomic E-state index is 6.80. The molecule has 0 atom stereocenters. The van der Waals surface area contributed by atoms with E-state index in [1.54, 1.807) is 0 Å². The minimum absolute atomic E-state index is 0.749. The first-order valence-electron chi connectivity index (χ1n) is 23.9. The van der Waals surface area contributed by atoms with Crippen LogP contribution < -0.4 is 4.90 Å². The van der Waals surface area contributed by atoms with Gasteiger partial charge in [-0.05, 0) is 130 Å². The maximum Gasteiger partial charge on any atom is 0.136 e. The Balaban J connectivity index is 0.844. The summed E-state index contributed by atoms with van der Waals surface area (Å²) in [5.74, 6) is 0.749. The number of aromatic nitrogens is 2. The first-order valence-corrected chi connectivity index (χ1v) is 23.9. The summed E-state index contributed by atoms with van der Waals surface area (Å²) in [5.41, 5.74) is 18.0. The van der Waals surface area contributed by atoms with Gasteiger partial charge in [-0.3, -0.25) is 0 Å². The molecule has 0 radical (unpaired) electrons. The molecule has 0 aliphatic heterocycles. The Kier molecular flexibility index (Phi) is 9.01. The number of hydrogen-bond donors (Lipinski definition) is 0. The van der Waals surface area contributed by atoms with Crippen LogP contribution in [-0.4, -0.2) is 8.97 Å². The van der Waals surface area contributed by atoms with Crippen molar-refractivity contribution in [1.82, 2.24) is 8.97 Å². The van der Waals surface area contributed by atoms with Gasteiger partial charge in [0.1, 0.15) is 11.3 Å². The highest BCUT2D eigenvalue weighted by Gasteiger charge is 2.20. The second kappa shape index (κ2) is 15.9. The lowest BCUT2D eigenvalue weighted by Gasteiger charge is -2.22. The number of rotatable bonds is 9. The lowest BCUT2D eigenvalue weighted by atomic mass is 9.98. The number of anilines is 2. The smallest absolute Gasteiger partial charge is 0.136 e. The van der Waals surface area contributed by atoms with Crippen molar-refractivity contribution in [3.63, 3.8) is 0 Å². The zero-order valence-corrected chi connectivity index (χ0v) is 38.1. The zero-order valence-electron chi connectivity index (χ0n) is 38.1. The van der Waals surface area contributed by atoms with Gasteiger partial charge >= 0.3 is 0 Å². The summed E-state index contributed by atoms with van der Waals surface area (Å²) in [5, 5.41) is 8.53. The molecule has 4 nitrogen and oxygen atoms in total. The standard InChI is InChI=1S/C66H43N3O/c1-2-52-56-35-29-47(48-40-58-54-20-10-13-23-61(54)69-62-24-14-11-21-55(62)59(41-48)66(58)69)42-65(56)70-64(52)37-38-67(49-31-25-44(26-32-49)43-15-5-3-6-16-43)50-33-27-45(28-34-50)46-30-36-63-57(39-46)53-19-9-12-22-60(53)68(63)51-17-7-4-8-18-51/h2-42H,1H2. The van der Waals surface area contributed by atoms with E-state index in [2.05, 4.69) is 263 Å². The largest absolute Gasteiger partial charge is 0.456 e. The minimum Gasteiger partial charge on any atom is -0.456 e. The van der Waals surface area contributed by atoms with E-state index >= 15 is 0 Å². The lowest BCUT2D eigenvalue weighted by Crippen LogP contribution is -2.08. The second-order valence-electron chi connectivity index (χ2n) is 18.2. The minimum atomic E-state index is 0.749. The topological polar surface area (TPSA) is 25.7 Å². The van der Waals surface area contributed by atoms with Crippen LogP contribution in [0.2, 0.25) is 0 Å². The number of nitrogens with zero attached hydrogens (tertiary/aromatic N) is 3. The fourth-order valence-electron chi connectivity index (χ4n) is 11.0. The molecule has 70 heavy (non-hydrogen) atoms. The van der Waals surface area contributed by atoms with Crippen molar-refractivity contribution >= 4 is 94.4 Å². The van der Waals surface area contributed by atoms with Crippen molar-refractivity contribution in [2.75, 3.05) is 4.90 Å². The Labute approximate surface area is 404 Å². The molecule has 0 saturated heterocycles. The molecule has 0 spiro atoms. The molecule has 14 rings (SSSR count). The molecule has 0 N–H and O–H groups in total. The summed E-state index contributed by atoms with van der Waals surface area (Å²) in [4.78, 5) is 2.23. The molecule has 14 aromatic rings. The van der Waals surface area contributed by atoms with Gasteiger partial charge in [0.2, 0.25) is 0 Å². The van der Waals surface area contributed by atoms with Crippen LogP contribution in [0.5, 0.6) is 0 Å². The lowest BCUT2D eigenvalue weighted by molar-refractivity contribution is 0.603. The third kappa shape index (κ3) is 6.24. The molecule has 0 aliphatic rings. The summed E-state index contributed by atoms with van der Waals surface area (Å²) in [6, 6.07) is 83.0. The third-order valence-electron chi connectivity index (χ3n) is 14.3. The van der Waals surface area contributed by atoms with Gasteiger partial charge in [-0.25, -0.2) is 0 Å². The normalized spacial score (nSPS) is 12.0. The van der Waals surface area contributed by atoms with E-state index < -0.39 is 0 Å². The molecule has 0 bridgehead atoms. The van der Waals surface area contributed by atoms with Crippen molar-refractivity contribution in [1.29, 1.82) is 0 Å². The number of hydrogen-bond acceptors (Lipinski definition) is 2. The van der Waals surface area contributed by atoms with E-state index in [0.29, 0.717) is 0 Å². The Morgan fingerprint density at radius 2 is 0.871 bits per heavy atom. The monoisotopic (exact) mass is 893 g/mol. The van der Waals surface area contributed by atoms with Crippen LogP contribution >= 0.6 is 0 Å². The van der Waals surface area contributed by atoms with Gasteiger partial charge in [-0.2, -0.15) is 0 Å². The Bertz CT molecular complexity index is 4260. The summed E-state index contributed by atoms with van der Waals surface area (Å²) in [6.07, 6.45) is 6.10. The summed E-state index contributed by atoms with van der Waals surface area (Å²) < 4.78 is 11.6. The third-order valence-corrected chi connectivity index (χ3v) is 14.3. The highest BCUT2D eigenvalue weighted by atomic mass is 16.3. The Morgan fingerprint density at radius 3 is 1.51 bits per heavy atom. The first kappa shape index (κ1) is 39.8. The molecule has 10 aromatic carbocycles. The van der Waals surface area contributed by atoms with Gasteiger partial charge in [0.05, 0.1) is 27.6 Å². The molecular weight excluding hydrogens is 851 g/mol. The number of para-hydroxylation sites is 4. The molecule has 328 valence electrons. The van der Waals surface area contributed by atoms with Gasteiger partial charge < -0.3 is 18.3 Å². The van der Waals surface area contributed by atoms with E-state index in [-0.39, 0.29) is 0 Å². The fraction of sp³-hybridized carbons (Fsp3) is 0. The average molecular weight is 894 g/mol. The average Bonchev–Trinajstić information content (AvgIpc) is 4.17. The van der Waals surface area contributed by atoms with Crippen molar-refractivity contribution in [2.24, 2.45) is 0 Å². The van der Waals surface area contributed by atoms with Crippen LogP contribution in [0.25, 0.3) is 122 Å². The van der Waals surface area contributed by atoms with Crippen LogP contribution in [0.15, 0.2) is 248 Å². The van der Waals surface area contributed by atoms with Crippen LogP contribution in [0.3, 0.4) is 0 Å². The van der Waals surface area contributed by atoms with E-state index in [0.717, 1.165) is 61.6 Å². The quantitative estimate of drug-likeness (QED) is 0.144. The van der Waals surface area contributed by atoms with Gasteiger partial charge in [0.25, 0.3) is 0 Å². The van der Waals surface area contributed by atoms with Crippen LogP contribution in [0.4, 0.5) is 11.4 Å². The van der Waals surface area contributed by atoms with E-state index in [1.165, 1.54) is 71.0 Å². The molecule has 4 heteroatoms. The van der Waals surface area contributed by atoms with Gasteiger partial charge in [0, 0.05) is 66.5 Å². The summed E-state index contributed by atoms with van der Waals surface area (Å²) in [6.45, 7) is 4.26. The molecule has 0 saturated carbocycles. The van der Waals surface area contributed by atoms with Crippen molar-refractivity contribution in [2.45, 2.75) is 0 Å². The first-order chi connectivity index (χ1) is 34.7. The number of fused-ring (bicyclic) bond motifs is 10. The van der Waals surface area contributed by atoms with Crippen LogP contribution in [-0.2, 0) is 0 Å². The number of benzene rings is 10. The fourth-order valence-corrected chi connectivity index (χ4v) is 11.0. The molecule has 4 heterocycles. The second-order valence-corrected chi connectivity index (χ2v) is 18.2. The molecule has 0 amide bonds. The molecule has 0 aliphatic carbocycles. The Hall–Kier alpha value is -9.38. The number of furan rings is 1. The Morgan fingerprint density at radius 1 is 0.386 bits per heavy atom. The van der Waals surface area contributed by atoms with Crippen molar-refractivity contribution in [3.8, 4) is 39.1 Å². The van der Waals surface area contributed by atoms with Gasteiger partial charge in [-0.15, -0.1) is 0 Å². The predicted octanol–water partition coefficient (Wildman–Crippen LogP) is 18.1. The zero-order chi connectivity index (χ0) is 46.3. The van der Waals surface area contributed by atoms with Gasteiger partial charge in [0.15, 0.2) is 0 Å². The van der Waals surface area contributed by atoms with Crippen LogP contribution in [0.1, 0.15) is 11.3 Å². The van der Waals surface area contributed by atoms with E-state index in [1.807, 2.05) is 6.08 Å². The molecular formula is C66H43N3O. The summed E-state index contributed by atoms with van der Waals surface area (Å²) in [7, 11) is 0. The van der Waals surface area contributed by atoms with E-state index in [4.69, 9.17) is 4.42 Å². The van der Waals surface area contributed by atoms with Crippen LogP contribution in [0, 0.1) is 0 Å². The van der Waals surface area contributed by atoms with Gasteiger partial charge in [-0.1, -0.05) is 152 Å². The van der Waals surface area contributed by atoms with Crippen molar-refractivity contribution in [3.05, 3.63) is 255 Å². The van der Waals surface area contributed by atoms with E-state index in [9.17, 15) is 0 Å². The van der Waals surface area contributed by atoms with Crippen molar-refractivity contribution < 1.29 is 4.42 Å². The molecule has 4 aromatic heterocycles.